The van der Waals surface area contributed by atoms with Crippen molar-refractivity contribution in [3.63, 3.8) is 0 Å². The molecule has 1 amide bonds. The van der Waals surface area contributed by atoms with Gasteiger partial charge in [0.15, 0.2) is 11.0 Å². The molecule has 1 N–H and O–H groups in total. The number of amides is 1. The Morgan fingerprint density at radius 1 is 1.35 bits per heavy atom. The van der Waals surface area contributed by atoms with E-state index in [-0.39, 0.29) is 11.2 Å². The number of nitrogens with one attached hydrogen (secondary N) is 1. The maximum Gasteiger partial charge on any atom is 0.238 e. The molecule has 2 aromatic heterocycles. The molecule has 23 heavy (non-hydrogen) atoms. The molecule has 1 atom stereocenters. The molecule has 0 aliphatic carbocycles. The van der Waals surface area contributed by atoms with Crippen molar-refractivity contribution in [1.29, 1.82) is 0 Å². The van der Waals surface area contributed by atoms with Crippen LogP contribution in [-0.4, -0.2) is 31.1 Å². The number of carbonyl (C=O) groups is 1. The molecule has 0 fully saturated rings. The average molecular weight is 329 g/mol. The fraction of sp³-hybridized carbons (Fsp3) is 0.200. The summed E-state index contributed by atoms with van der Waals surface area (Å²) in [5.41, 5.74) is 0.944. The van der Waals surface area contributed by atoms with Crippen molar-refractivity contribution in [1.82, 2.24) is 19.9 Å². The second kappa shape index (κ2) is 6.66. The van der Waals surface area contributed by atoms with E-state index in [0.717, 1.165) is 5.69 Å². The van der Waals surface area contributed by atoms with E-state index in [4.69, 9.17) is 4.52 Å². The van der Waals surface area contributed by atoms with Crippen LogP contribution in [0.5, 0.6) is 0 Å². The molecular formula is C15H15N5O2S. The summed E-state index contributed by atoms with van der Waals surface area (Å²) in [6.07, 6.45) is 1.63. The van der Waals surface area contributed by atoms with Crippen LogP contribution in [0.1, 0.15) is 12.7 Å². The summed E-state index contributed by atoms with van der Waals surface area (Å²) >= 11 is 1.32. The van der Waals surface area contributed by atoms with Crippen molar-refractivity contribution in [3.8, 4) is 5.69 Å². The van der Waals surface area contributed by atoms with Gasteiger partial charge in [-0.2, -0.15) is 0 Å². The summed E-state index contributed by atoms with van der Waals surface area (Å²) in [6, 6.07) is 11.4. The first-order valence-corrected chi connectivity index (χ1v) is 7.88. The summed E-state index contributed by atoms with van der Waals surface area (Å²) < 4.78 is 6.77. The van der Waals surface area contributed by atoms with Gasteiger partial charge in [0, 0.05) is 11.8 Å². The first-order valence-electron chi connectivity index (χ1n) is 7.00. The Bertz CT molecular complexity index is 799. The van der Waals surface area contributed by atoms with Crippen LogP contribution in [-0.2, 0) is 4.79 Å². The van der Waals surface area contributed by atoms with Gasteiger partial charge in [-0.1, -0.05) is 35.1 Å². The first kappa shape index (κ1) is 15.3. The zero-order valence-corrected chi connectivity index (χ0v) is 13.4. The molecule has 0 aliphatic rings. The lowest BCUT2D eigenvalue weighted by Crippen LogP contribution is -2.23. The highest BCUT2D eigenvalue weighted by Crippen LogP contribution is 2.24. The Labute approximate surface area is 137 Å². The molecule has 3 aromatic rings. The van der Waals surface area contributed by atoms with Crippen LogP contribution >= 0.6 is 11.8 Å². The lowest BCUT2D eigenvalue weighted by molar-refractivity contribution is -0.115. The molecule has 118 valence electrons. The number of carbonyl (C=O) groups excluding carboxylic acids is 1. The first-order chi connectivity index (χ1) is 11.1. The minimum Gasteiger partial charge on any atom is -0.360 e. The number of hydrogen-bond acceptors (Lipinski definition) is 6. The van der Waals surface area contributed by atoms with Crippen LogP contribution in [0.15, 0.2) is 52.4 Å². The Kier molecular flexibility index (Phi) is 4.42. The van der Waals surface area contributed by atoms with Gasteiger partial charge >= 0.3 is 0 Å². The smallest absolute Gasteiger partial charge is 0.238 e. The Morgan fingerprint density at radius 3 is 2.83 bits per heavy atom. The minimum absolute atomic E-state index is 0.175. The number of rotatable bonds is 5. The van der Waals surface area contributed by atoms with Crippen LogP contribution in [0.4, 0.5) is 5.82 Å². The highest BCUT2D eigenvalue weighted by molar-refractivity contribution is 8.00. The molecule has 3 rings (SSSR count). The molecule has 0 spiro atoms. The number of anilines is 1. The van der Waals surface area contributed by atoms with Crippen molar-refractivity contribution in [2.45, 2.75) is 24.3 Å². The van der Waals surface area contributed by atoms with E-state index in [0.29, 0.717) is 16.7 Å². The van der Waals surface area contributed by atoms with E-state index >= 15 is 0 Å². The summed E-state index contributed by atoms with van der Waals surface area (Å²) in [6.45, 7) is 3.57. The third kappa shape index (κ3) is 3.59. The number of thioether (sulfide) groups is 1. The maximum atomic E-state index is 12.2. The molecule has 8 heteroatoms. The zero-order chi connectivity index (χ0) is 16.2. The average Bonchev–Trinajstić information content (AvgIpc) is 3.17. The number of hydrogen-bond donors (Lipinski definition) is 1. The van der Waals surface area contributed by atoms with Gasteiger partial charge in [0.2, 0.25) is 5.91 Å². The molecular weight excluding hydrogens is 314 g/mol. The minimum atomic E-state index is -0.362. The number of aryl methyl sites for hydroxylation is 1. The summed E-state index contributed by atoms with van der Waals surface area (Å²) in [4.78, 5) is 12.2. The Morgan fingerprint density at radius 2 is 2.13 bits per heavy atom. The molecule has 0 saturated heterocycles. The second-order valence-corrected chi connectivity index (χ2v) is 6.20. The summed E-state index contributed by atoms with van der Waals surface area (Å²) in [5, 5.41) is 14.8. The van der Waals surface area contributed by atoms with E-state index in [1.165, 1.54) is 11.8 Å². The predicted octanol–water partition coefficient (Wildman–Crippen LogP) is 2.68. The lowest BCUT2D eigenvalue weighted by Gasteiger charge is -2.11. The molecule has 0 saturated carbocycles. The van der Waals surface area contributed by atoms with Crippen molar-refractivity contribution >= 4 is 23.5 Å². The number of benzene rings is 1. The third-order valence-corrected chi connectivity index (χ3v) is 4.14. The van der Waals surface area contributed by atoms with Gasteiger partial charge < -0.3 is 9.84 Å². The number of aromatic nitrogens is 4. The van der Waals surface area contributed by atoms with E-state index < -0.39 is 0 Å². The molecule has 1 aromatic carbocycles. The second-order valence-electron chi connectivity index (χ2n) is 4.89. The van der Waals surface area contributed by atoms with E-state index in [1.54, 1.807) is 26.2 Å². The van der Waals surface area contributed by atoms with Gasteiger partial charge in [-0.25, -0.2) is 0 Å². The topological polar surface area (TPSA) is 85.8 Å². The predicted molar refractivity (Wildman–Crippen MR) is 86.5 cm³/mol. The van der Waals surface area contributed by atoms with E-state index in [1.807, 2.05) is 34.9 Å². The molecule has 7 nitrogen and oxygen atoms in total. The van der Waals surface area contributed by atoms with Gasteiger partial charge in [-0.15, -0.1) is 10.2 Å². The van der Waals surface area contributed by atoms with E-state index in [9.17, 15) is 4.79 Å². The quantitative estimate of drug-likeness (QED) is 0.724. The van der Waals surface area contributed by atoms with E-state index in [2.05, 4.69) is 20.7 Å². The number of para-hydroxylation sites is 1. The molecule has 2 heterocycles. The Hall–Kier alpha value is -2.61. The van der Waals surface area contributed by atoms with Gasteiger partial charge in [0.25, 0.3) is 0 Å². The van der Waals surface area contributed by atoms with Crippen LogP contribution in [0, 0.1) is 6.92 Å². The summed E-state index contributed by atoms with van der Waals surface area (Å²) in [7, 11) is 0. The van der Waals surface area contributed by atoms with Crippen molar-refractivity contribution in [2.24, 2.45) is 0 Å². The Balaban J connectivity index is 1.70. The molecule has 0 aliphatic heterocycles. The fourth-order valence-electron chi connectivity index (χ4n) is 1.94. The standard InChI is InChI=1S/C15H15N5O2S/c1-10-8-13(19-22-10)17-14(21)11(2)23-15-18-16-9-20(15)12-6-4-3-5-7-12/h3-9,11H,1-2H3,(H,17,19,21). The van der Waals surface area contributed by atoms with Crippen LogP contribution in [0.3, 0.4) is 0 Å². The summed E-state index contributed by atoms with van der Waals surface area (Å²) in [5.74, 6) is 0.875. The highest BCUT2D eigenvalue weighted by atomic mass is 32.2. The van der Waals surface area contributed by atoms with Gasteiger partial charge in [0.05, 0.1) is 5.25 Å². The lowest BCUT2D eigenvalue weighted by atomic mass is 10.3. The SMILES string of the molecule is Cc1cc(NC(=O)C(C)Sc2nncn2-c2ccccc2)no1. The fourth-order valence-corrected chi connectivity index (χ4v) is 2.78. The van der Waals surface area contributed by atoms with Crippen molar-refractivity contribution in [3.05, 3.63) is 48.5 Å². The van der Waals surface area contributed by atoms with Crippen LogP contribution in [0.2, 0.25) is 0 Å². The highest BCUT2D eigenvalue weighted by Gasteiger charge is 2.19. The van der Waals surface area contributed by atoms with Gasteiger partial charge in [0.1, 0.15) is 12.1 Å². The number of nitrogens with zero attached hydrogens (tertiary/aromatic N) is 4. The molecule has 0 radical (unpaired) electrons. The van der Waals surface area contributed by atoms with Crippen molar-refractivity contribution < 1.29 is 9.32 Å². The molecule has 0 bridgehead atoms. The third-order valence-electron chi connectivity index (χ3n) is 3.08. The normalized spacial score (nSPS) is 12.1. The maximum absolute atomic E-state index is 12.2. The largest absolute Gasteiger partial charge is 0.360 e. The monoisotopic (exact) mass is 329 g/mol. The van der Waals surface area contributed by atoms with Gasteiger partial charge in [-0.05, 0) is 26.0 Å². The van der Waals surface area contributed by atoms with Gasteiger partial charge in [-0.3, -0.25) is 9.36 Å². The zero-order valence-electron chi connectivity index (χ0n) is 12.6. The van der Waals surface area contributed by atoms with Crippen LogP contribution in [0.25, 0.3) is 5.69 Å². The van der Waals surface area contributed by atoms with Crippen molar-refractivity contribution in [2.75, 3.05) is 5.32 Å². The molecule has 1 unspecified atom stereocenters. The van der Waals surface area contributed by atoms with Crippen LogP contribution < -0.4 is 5.32 Å².